The lowest BCUT2D eigenvalue weighted by Crippen LogP contribution is -2.45. The lowest BCUT2D eigenvalue weighted by molar-refractivity contribution is 0.0924. The quantitative estimate of drug-likeness (QED) is 0.657. The highest BCUT2D eigenvalue weighted by atomic mass is 15.2. The first-order valence-electron chi connectivity index (χ1n) is 7.75. The SMILES string of the molecule is CCCCCCC(C)N1CCCCC1CCN. The standard InChI is InChI=1S/C15H32N2/c1-3-4-5-6-9-14(2)17-13-8-7-10-15(17)11-12-16/h14-15H,3-13,16H2,1-2H3. The summed E-state index contributed by atoms with van der Waals surface area (Å²) in [5.41, 5.74) is 5.73. The maximum absolute atomic E-state index is 5.73. The number of likely N-dealkylation sites (tertiary alicyclic amines) is 1. The van der Waals surface area contributed by atoms with Crippen LogP contribution in [0.2, 0.25) is 0 Å². The van der Waals surface area contributed by atoms with Crippen LogP contribution >= 0.6 is 0 Å². The number of hydrogen-bond donors (Lipinski definition) is 1. The topological polar surface area (TPSA) is 29.3 Å². The van der Waals surface area contributed by atoms with Crippen LogP contribution in [0.5, 0.6) is 0 Å². The molecule has 1 fully saturated rings. The summed E-state index contributed by atoms with van der Waals surface area (Å²) in [6.45, 7) is 6.86. The summed E-state index contributed by atoms with van der Waals surface area (Å²) >= 11 is 0. The minimum absolute atomic E-state index is 0.767. The van der Waals surface area contributed by atoms with Gasteiger partial charge >= 0.3 is 0 Å². The van der Waals surface area contributed by atoms with E-state index >= 15 is 0 Å². The smallest absolute Gasteiger partial charge is 0.0110 e. The van der Waals surface area contributed by atoms with Crippen molar-refractivity contribution < 1.29 is 0 Å². The third-order valence-electron chi connectivity index (χ3n) is 4.21. The highest BCUT2D eigenvalue weighted by Gasteiger charge is 2.25. The Morgan fingerprint density at radius 2 is 2.06 bits per heavy atom. The predicted molar refractivity (Wildman–Crippen MR) is 76.2 cm³/mol. The van der Waals surface area contributed by atoms with Crippen LogP contribution in [0.15, 0.2) is 0 Å². The first kappa shape index (κ1) is 15.0. The Hall–Kier alpha value is -0.0800. The molecule has 17 heavy (non-hydrogen) atoms. The molecule has 1 aliphatic heterocycles. The molecule has 2 heteroatoms. The zero-order valence-corrected chi connectivity index (χ0v) is 12.0. The Labute approximate surface area is 108 Å². The fourth-order valence-corrected chi connectivity index (χ4v) is 3.14. The summed E-state index contributed by atoms with van der Waals surface area (Å²) < 4.78 is 0. The van der Waals surface area contributed by atoms with Crippen molar-refractivity contribution in [3.05, 3.63) is 0 Å². The van der Waals surface area contributed by atoms with Gasteiger partial charge in [0.25, 0.3) is 0 Å². The molecule has 2 atom stereocenters. The van der Waals surface area contributed by atoms with Gasteiger partial charge in [0, 0.05) is 12.1 Å². The zero-order chi connectivity index (χ0) is 12.5. The number of nitrogens with zero attached hydrogens (tertiary/aromatic N) is 1. The molecule has 1 aliphatic rings. The maximum Gasteiger partial charge on any atom is 0.0110 e. The second kappa shape index (κ2) is 8.93. The molecule has 1 heterocycles. The minimum atomic E-state index is 0.767. The van der Waals surface area contributed by atoms with Gasteiger partial charge in [0.1, 0.15) is 0 Å². The first-order valence-corrected chi connectivity index (χ1v) is 7.75. The van der Waals surface area contributed by atoms with Gasteiger partial charge < -0.3 is 5.73 Å². The molecule has 0 amide bonds. The summed E-state index contributed by atoms with van der Waals surface area (Å²) in [5, 5.41) is 0. The summed E-state index contributed by atoms with van der Waals surface area (Å²) in [5.74, 6) is 0. The van der Waals surface area contributed by atoms with E-state index in [1.54, 1.807) is 0 Å². The molecular weight excluding hydrogens is 208 g/mol. The number of unbranched alkanes of at least 4 members (excludes halogenated alkanes) is 3. The van der Waals surface area contributed by atoms with E-state index in [2.05, 4.69) is 18.7 Å². The van der Waals surface area contributed by atoms with Crippen LogP contribution in [-0.4, -0.2) is 30.1 Å². The average molecular weight is 240 g/mol. The number of hydrogen-bond acceptors (Lipinski definition) is 2. The first-order chi connectivity index (χ1) is 8.29. The Morgan fingerprint density at radius 3 is 2.76 bits per heavy atom. The summed E-state index contributed by atoms with van der Waals surface area (Å²) in [6.07, 6.45) is 12.3. The van der Waals surface area contributed by atoms with Crippen LogP contribution < -0.4 is 5.73 Å². The molecule has 0 aromatic rings. The van der Waals surface area contributed by atoms with Crippen molar-refractivity contribution in [2.24, 2.45) is 5.73 Å². The van der Waals surface area contributed by atoms with Gasteiger partial charge in [0.15, 0.2) is 0 Å². The molecule has 2 unspecified atom stereocenters. The minimum Gasteiger partial charge on any atom is -0.330 e. The van der Waals surface area contributed by atoms with Crippen molar-refractivity contribution in [3.63, 3.8) is 0 Å². The van der Waals surface area contributed by atoms with Crippen LogP contribution in [0.1, 0.15) is 71.6 Å². The highest BCUT2D eigenvalue weighted by Crippen LogP contribution is 2.23. The zero-order valence-electron chi connectivity index (χ0n) is 12.0. The maximum atomic E-state index is 5.73. The molecule has 0 aromatic carbocycles. The molecule has 0 spiro atoms. The van der Waals surface area contributed by atoms with Crippen LogP contribution in [0, 0.1) is 0 Å². The van der Waals surface area contributed by atoms with Gasteiger partial charge in [0.2, 0.25) is 0 Å². The molecule has 0 aliphatic carbocycles. The molecule has 2 nitrogen and oxygen atoms in total. The van der Waals surface area contributed by atoms with E-state index in [1.807, 2.05) is 0 Å². The van der Waals surface area contributed by atoms with Crippen molar-refractivity contribution in [3.8, 4) is 0 Å². The van der Waals surface area contributed by atoms with E-state index in [4.69, 9.17) is 5.73 Å². The van der Waals surface area contributed by atoms with Crippen molar-refractivity contribution in [1.29, 1.82) is 0 Å². The number of piperidine rings is 1. The van der Waals surface area contributed by atoms with E-state index in [1.165, 1.54) is 64.3 Å². The lowest BCUT2D eigenvalue weighted by Gasteiger charge is -2.40. The molecule has 0 bridgehead atoms. The Bertz CT molecular complexity index is 180. The second-order valence-corrected chi connectivity index (χ2v) is 5.66. The number of nitrogens with two attached hydrogens (primary N) is 1. The van der Waals surface area contributed by atoms with E-state index in [0.29, 0.717) is 0 Å². The van der Waals surface area contributed by atoms with Gasteiger partial charge in [-0.15, -0.1) is 0 Å². The molecule has 102 valence electrons. The molecule has 1 rings (SSSR count). The Morgan fingerprint density at radius 1 is 1.24 bits per heavy atom. The fourth-order valence-electron chi connectivity index (χ4n) is 3.14. The summed E-state index contributed by atoms with van der Waals surface area (Å²) in [4.78, 5) is 2.74. The van der Waals surface area contributed by atoms with Crippen molar-refractivity contribution in [2.75, 3.05) is 13.1 Å². The molecule has 0 aromatic heterocycles. The predicted octanol–water partition coefficient (Wildman–Crippen LogP) is 3.55. The third-order valence-corrected chi connectivity index (χ3v) is 4.21. The van der Waals surface area contributed by atoms with Crippen LogP contribution in [-0.2, 0) is 0 Å². The third kappa shape index (κ3) is 5.39. The van der Waals surface area contributed by atoms with Gasteiger partial charge in [0.05, 0.1) is 0 Å². The molecule has 0 saturated carbocycles. The monoisotopic (exact) mass is 240 g/mol. The van der Waals surface area contributed by atoms with Gasteiger partial charge in [-0.05, 0) is 45.7 Å². The van der Waals surface area contributed by atoms with E-state index in [-0.39, 0.29) is 0 Å². The lowest BCUT2D eigenvalue weighted by atomic mass is 9.96. The molecule has 2 N–H and O–H groups in total. The largest absolute Gasteiger partial charge is 0.330 e. The van der Waals surface area contributed by atoms with Crippen molar-refractivity contribution in [2.45, 2.75) is 83.7 Å². The van der Waals surface area contributed by atoms with Crippen LogP contribution in [0.4, 0.5) is 0 Å². The highest BCUT2D eigenvalue weighted by molar-refractivity contribution is 4.81. The van der Waals surface area contributed by atoms with Gasteiger partial charge in [-0.25, -0.2) is 0 Å². The Balaban J connectivity index is 2.28. The van der Waals surface area contributed by atoms with E-state index in [0.717, 1.165) is 18.6 Å². The number of rotatable bonds is 8. The van der Waals surface area contributed by atoms with Crippen LogP contribution in [0.3, 0.4) is 0 Å². The molecule has 0 radical (unpaired) electrons. The van der Waals surface area contributed by atoms with Gasteiger partial charge in [-0.2, -0.15) is 0 Å². The summed E-state index contributed by atoms with van der Waals surface area (Å²) in [7, 11) is 0. The van der Waals surface area contributed by atoms with E-state index in [9.17, 15) is 0 Å². The summed E-state index contributed by atoms with van der Waals surface area (Å²) in [6, 6.07) is 1.54. The molecule has 1 saturated heterocycles. The fraction of sp³-hybridized carbons (Fsp3) is 1.00. The second-order valence-electron chi connectivity index (χ2n) is 5.66. The normalized spacial score (nSPS) is 23.8. The van der Waals surface area contributed by atoms with Crippen molar-refractivity contribution >= 4 is 0 Å². The van der Waals surface area contributed by atoms with Crippen LogP contribution in [0.25, 0.3) is 0 Å². The molecular formula is C15H32N2. The van der Waals surface area contributed by atoms with E-state index < -0.39 is 0 Å². The Kier molecular flexibility index (Phi) is 7.87. The van der Waals surface area contributed by atoms with Gasteiger partial charge in [-0.1, -0.05) is 39.0 Å². The van der Waals surface area contributed by atoms with Crippen molar-refractivity contribution in [1.82, 2.24) is 4.90 Å². The average Bonchev–Trinajstić information content (AvgIpc) is 2.35. The van der Waals surface area contributed by atoms with Gasteiger partial charge in [-0.3, -0.25) is 4.90 Å².